The Kier molecular flexibility index (Phi) is 7.32. The summed E-state index contributed by atoms with van der Waals surface area (Å²) in [5, 5.41) is 13.9. The van der Waals surface area contributed by atoms with E-state index in [2.05, 4.69) is 4.74 Å². The Morgan fingerprint density at radius 1 is 1.19 bits per heavy atom. The molecular weight excluding hydrogens is 377 g/mol. The first-order valence-electron chi connectivity index (χ1n) is 7.35. The van der Waals surface area contributed by atoms with Gasteiger partial charge < -0.3 is 29.2 Å². The molecule has 2 N–H and O–H groups in total. The third-order valence-electron chi connectivity index (χ3n) is 3.17. The Hall–Kier alpha value is -3.11. The summed E-state index contributed by atoms with van der Waals surface area (Å²) in [4.78, 5) is 20.4. The molecule has 150 valence electrons. The molecule has 0 radical (unpaired) electrons. The number of hydrogen-bond donors (Lipinski definition) is 2. The number of benzene rings is 1. The van der Waals surface area contributed by atoms with Crippen LogP contribution in [0.3, 0.4) is 0 Å². The summed E-state index contributed by atoms with van der Waals surface area (Å²) in [6.45, 7) is 1.46. The van der Waals surface area contributed by atoms with Crippen molar-refractivity contribution in [2.45, 2.75) is 19.2 Å². The van der Waals surface area contributed by atoms with Gasteiger partial charge in [-0.2, -0.15) is 13.2 Å². The molecule has 0 fully saturated rings. The summed E-state index contributed by atoms with van der Waals surface area (Å²) in [7, 11) is 2.64. The van der Waals surface area contributed by atoms with Crippen molar-refractivity contribution in [3.8, 4) is 17.2 Å². The molecule has 0 saturated carbocycles. The van der Waals surface area contributed by atoms with Gasteiger partial charge in [0.2, 0.25) is 11.9 Å². The van der Waals surface area contributed by atoms with Crippen LogP contribution in [0.1, 0.15) is 12.5 Å². The SMILES string of the molecule is CCOC(=O)C1=Cc2ccc(OC)c(OC)c2OC1C(F)(F)F.O=C(O)O. The van der Waals surface area contributed by atoms with Crippen LogP contribution in [0, 0.1) is 0 Å². The number of fused-ring (bicyclic) bond motifs is 1. The van der Waals surface area contributed by atoms with Crippen LogP contribution in [-0.4, -0.2) is 55.4 Å². The fraction of sp³-hybridized carbons (Fsp3) is 0.375. The number of rotatable bonds is 4. The first-order valence-corrected chi connectivity index (χ1v) is 7.35. The van der Waals surface area contributed by atoms with Crippen LogP contribution in [0.2, 0.25) is 0 Å². The highest BCUT2D eigenvalue weighted by atomic mass is 19.4. The largest absolute Gasteiger partial charge is 0.503 e. The van der Waals surface area contributed by atoms with Crippen LogP contribution in [0.25, 0.3) is 6.08 Å². The van der Waals surface area contributed by atoms with Gasteiger partial charge in [0.05, 0.1) is 26.4 Å². The maximum atomic E-state index is 13.3. The van der Waals surface area contributed by atoms with Gasteiger partial charge in [0, 0.05) is 5.56 Å². The molecule has 0 aromatic heterocycles. The van der Waals surface area contributed by atoms with Crippen molar-refractivity contribution < 1.29 is 51.9 Å². The number of carbonyl (C=O) groups excluding carboxylic acids is 1. The molecule has 27 heavy (non-hydrogen) atoms. The van der Waals surface area contributed by atoms with Gasteiger partial charge >= 0.3 is 18.3 Å². The highest BCUT2D eigenvalue weighted by molar-refractivity contribution is 5.96. The molecule has 0 spiro atoms. The van der Waals surface area contributed by atoms with E-state index in [1.54, 1.807) is 0 Å². The fourth-order valence-corrected chi connectivity index (χ4v) is 2.20. The van der Waals surface area contributed by atoms with Crippen LogP contribution in [-0.2, 0) is 9.53 Å². The van der Waals surface area contributed by atoms with Crippen molar-refractivity contribution in [1.29, 1.82) is 0 Å². The van der Waals surface area contributed by atoms with Crippen molar-refractivity contribution >= 4 is 18.2 Å². The lowest BCUT2D eigenvalue weighted by atomic mass is 10.0. The Labute approximate surface area is 151 Å². The number of carboxylic acid groups (broad SMARTS) is 2. The summed E-state index contributed by atoms with van der Waals surface area (Å²) in [6, 6.07) is 2.98. The van der Waals surface area contributed by atoms with Crippen LogP contribution >= 0.6 is 0 Å². The van der Waals surface area contributed by atoms with Crippen molar-refractivity contribution in [2.24, 2.45) is 0 Å². The molecule has 2 rings (SSSR count). The third kappa shape index (κ3) is 5.43. The predicted octanol–water partition coefficient (Wildman–Crippen LogP) is 3.20. The fourth-order valence-electron chi connectivity index (χ4n) is 2.20. The van der Waals surface area contributed by atoms with Crippen LogP contribution < -0.4 is 14.2 Å². The van der Waals surface area contributed by atoms with Crippen LogP contribution in [0.4, 0.5) is 18.0 Å². The lowest BCUT2D eigenvalue weighted by molar-refractivity contribution is -0.188. The molecule has 1 aromatic carbocycles. The number of halogens is 3. The van der Waals surface area contributed by atoms with Gasteiger partial charge in [0.25, 0.3) is 0 Å². The number of methoxy groups -OCH3 is 2. The van der Waals surface area contributed by atoms with E-state index < -0.39 is 30.0 Å². The standard InChI is InChI=1S/C15H15F3O5.CH2O3/c1-4-22-14(19)9-7-8-5-6-10(20-2)12(21-3)11(8)23-13(9)15(16,17)18;2-1(3)4/h5-7,13H,4H2,1-3H3;(H2,2,3,4). The molecule has 0 amide bonds. The maximum absolute atomic E-state index is 13.3. The number of alkyl halides is 3. The minimum Gasteiger partial charge on any atom is -0.493 e. The van der Waals surface area contributed by atoms with Gasteiger partial charge in [0.1, 0.15) is 0 Å². The van der Waals surface area contributed by atoms with E-state index in [4.69, 9.17) is 29.2 Å². The first-order chi connectivity index (χ1) is 12.6. The Balaban J connectivity index is 0.000000828. The second-order valence-electron chi connectivity index (χ2n) is 4.86. The average molecular weight is 394 g/mol. The zero-order valence-corrected chi connectivity index (χ0v) is 14.5. The molecule has 1 heterocycles. The van der Waals surface area contributed by atoms with E-state index in [0.717, 1.165) is 6.08 Å². The van der Waals surface area contributed by atoms with Crippen LogP contribution in [0.15, 0.2) is 17.7 Å². The van der Waals surface area contributed by atoms with Crippen molar-refractivity contribution in [1.82, 2.24) is 0 Å². The van der Waals surface area contributed by atoms with Crippen LogP contribution in [0.5, 0.6) is 17.2 Å². The molecule has 11 heteroatoms. The topological polar surface area (TPSA) is 112 Å². The van der Waals surface area contributed by atoms with E-state index >= 15 is 0 Å². The van der Waals surface area contributed by atoms with Crippen molar-refractivity contribution in [3.05, 3.63) is 23.3 Å². The summed E-state index contributed by atoms with van der Waals surface area (Å²) < 4.78 is 59.6. The molecule has 0 bridgehead atoms. The van der Waals surface area contributed by atoms with E-state index in [0.29, 0.717) is 0 Å². The number of ether oxygens (including phenoxy) is 4. The smallest absolute Gasteiger partial charge is 0.493 e. The average Bonchev–Trinajstić information content (AvgIpc) is 2.58. The van der Waals surface area contributed by atoms with Gasteiger partial charge in [0.15, 0.2) is 11.5 Å². The lowest BCUT2D eigenvalue weighted by Crippen LogP contribution is -2.40. The molecule has 1 unspecified atom stereocenters. The van der Waals surface area contributed by atoms with Gasteiger partial charge in [-0.05, 0) is 25.1 Å². The highest BCUT2D eigenvalue weighted by Crippen LogP contribution is 2.46. The molecular formula is C16H17F3O8. The Bertz CT molecular complexity index is 723. The minimum absolute atomic E-state index is 0.0263. The normalized spacial score (nSPS) is 15.2. The summed E-state index contributed by atoms with van der Waals surface area (Å²) in [5.74, 6) is -0.962. The summed E-state index contributed by atoms with van der Waals surface area (Å²) in [6.07, 6.45) is -7.96. The van der Waals surface area contributed by atoms with E-state index in [1.807, 2.05) is 0 Å². The second-order valence-corrected chi connectivity index (χ2v) is 4.86. The van der Waals surface area contributed by atoms with E-state index in [9.17, 15) is 18.0 Å². The Morgan fingerprint density at radius 2 is 1.78 bits per heavy atom. The quantitative estimate of drug-likeness (QED) is 0.749. The molecule has 1 aliphatic heterocycles. The second kappa shape index (κ2) is 9.01. The van der Waals surface area contributed by atoms with Crippen molar-refractivity contribution in [2.75, 3.05) is 20.8 Å². The van der Waals surface area contributed by atoms with Gasteiger partial charge in [-0.25, -0.2) is 9.59 Å². The van der Waals surface area contributed by atoms with Crippen molar-refractivity contribution in [3.63, 3.8) is 0 Å². The zero-order chi connectivity index (χ0) is 20.8. The number of hydrogen-bond acceptors (Lipinski definition) is 6. The number of carbonyl (C=O) groups is 2. The maximum Gasteiger partial charge on any atom is 0.503 e. The van der Waals surface area contributed by atoms with Gasteiger partial charge in [-0.1, -0.05) is 0 Å². The molecule has 1 aliphatic rings. The molecule has 0 saturated heterocycles. The summed E-state index contributed by atoms with van der Waals surface area (Å²) >= 11 is 0. The molecule has 0 aliphatic carbocycles. The molecule has 1 atom stereocenters. The first kappa shape index (κ1) is 21.9. The van der Waals surface area contributed by atoms with E-state index in [-0.39, 0.29) is 29.4 Å². The number of esters is 1. The lowest BCUT2D eigenvalue weighted by Gasteiger charge is -2.29. The Morgan fingerprint density at radius 3 is 2.22 bits per heavy atom. The van der Waals surface area contributed by atoms with Gasteiger partial charge in [-0.3, -0.25) is 0 Å². The van der Waals surface area contributed by atoms with Gasteiger partial charge in [-0.15, -0.1) is 0 Å². The van der Waals surface area contributed by atoms with E-state index in [1.165, 1.54) is 33.3 Å². The highest BCUT2D eigenvalue weighted by Gasteiger charge is 2.49. The zero-order valence-electron chi connectivity index (χ0n) is 14.5. The minimum atomic E-state index is -4.79. The predicted molar refractivity (Wildman–Crippen MR) is 85.3 cm³/mol. The monoisotopic (exact) mass is 394 g/mol. The third-order valence-corrected chi connectivity index (χ3v) is 3.17. The molecule has 8 nitrogen and oxygen atoms in total. The summed E-state index contributed by atoms with van der Waals surface area (Å²) in [5.41, 5.74) is -0.342. The molecule has 1 aromatic rings.